The molecule has 3 rings (SSSR count). The van der Waals surface area contributed by atoms with Gasteiger partial charge in [0.25, 0.3) is 0 Å². The number of anilines is 1. The number of amides is 2. The minimum atomic E-state index is -0.232. The normalized spacial score (nSPS) is 21.0. The molecule has 2 aliphatic heterocycles. The van der Waals surface area contributed by atoms with Crippen molar-refractivity contribution in [2.24, 2.45) is 0 Å². The summed E-state index contributed by atoms with van der Waals surface area (Å²) in [6.45, 7) is 6.75. The summed E-state index contributed by atoms with van der Waals surface area (Å²) in [5.41, 5.74) is 1.21. The van der Waals surface area contributed by atoms with E-state index in [0.717, 1.165) is 32.7 Å². The third kappa shape index (κ3) is 3.64. The van der Waals surface area contributed by atoms with Crippen molar-refractivity contribution in [3.8, 4) is 0 Å². The number of nitrogens with zero attached hydrogens (tertiary/aromatic N) is 3. The van der Waals surface area contributed by atoms with Gasteiger partial charge >= 0.3 is 0 Å². The molecule has 6 heteroatoms. The molecule has 2 aliphatic rings. The van der Waals surface area contributed by atoms with Gasteiger partial charge in [-0.1, -0.05) is 18.2 Å². The average molecular weight is 316 g/mol. The number of rotatable bonds is 3. The predicted molar refractivity (Wildman–Crippen MR) is 89.3 cm³/mol. The summed E-state index contributed by atoms with van der Waals surface area (Å²) in [4.78, 5) is 30.4. The van der Waals surface area contributed by atoms with E-state index in [4.69, 9.17) is 0 Å². The van der Waals surface area contributed by atoms with Gasteiger partial charge < -0.3 is 15.1 Å². The molecule has 23 heavy (non-hydrogen) atoms. The molecule has 124 valence electrons. The molecule has 2 fully saturated rings. The largest absolute Gasteiger partial charge is 0.368 e. The molecule has 1 atom stereocenters. The quantitative estimate of drug-likeness (QED) is 0.863. The smallest absolute Gasteiger partial charge is 0.239 e. The number of carbonyl (C=O) groups excluding carboxylic acids is 2. The highest BCUT2D eigenvalue weighted by Gasteiger charge is 2.30. The van der Waals surface area contributed by atoms with Crippen molar-refractivity contribution in [3.63, 3.8) is 0 Å². The molecular formula is C17H24N4O2. The highest BCUT2D eigenvalue weighted by Crippen LogP contribution is 2.16. The van der Waals surface area contributed by atoms with Crippen LogP contribution in [-0.2, 0) is 9.59 Å². The summed E-state index contributed by atoms with van der Waals surface area (Å²) in [6.07, 6.45) is 0. The lowest BCUT2D eigenvalue weighted by Gasteiger charge is -2.39. The number of hydrogen-bond acceptors (Lipinski definition) is 4. The van der Waals surface area contributed by atoms with Gasteiger partial charge in [0.15, 0.2) is 0 Å². The van der Waals surface area contributed by atoms with Gasteiger partial charge in [-0.3, -0.25) is 14.5 Å². The molecule has 0 saturated carbocycles. The van der Waals surface area contributed by atoms with Crippen LogP contribution in [-0.4, -0.2) is 73.5 Å². The van der Waals surface area contributed by atoms with E-state index in [1.165, 1.54) is 5.69 Å². The molecule has 0 bridgehead atoms. The molecule has 2 amide bonds. The molecule has 6 nitrogen and oxygen atoms in total. The lowest BCUT2D eigenvalue weighted by molar-refractivity contribution is -0.138. The highest BCUT2D eigenvalue weighted by molar-refractivity contribution is 5.84. The van der Waals surface area contributed by atoms with Gasteiger partial charge in [0, 0.05) is 45.0 Å². The topological polar surface area (TPSA) is 55.9 Å². The molecule has 2 saturated heterocycles. The number of para-hydroxylation sites is 1. The molecular weight excluding hydrogens is 292 g/mol. The van der Waals surface area contributed by atoms with Crippen LogP contribution in [0.4, 0.5) is 5.69 Å². The van der Waals surface area contributed by atoms with Gasteiger partial charge in [-0.15, -0.1) is 0 Å². The van der Waals surface area contributed by atoms with Crippen molar-refractivity contribution in [1.29, 1.82) is 0 Å². The van der Waals surface area contributed by atoms with Crippen LogP contribution in [0.15, 0.2) is 30.3 Å². The summed E-state index contributed by atoms with van der Waals surface area (Å²) in [7, 11) is 0. The van der Waals surface area contributed by atoms with Crippen LogP contribution in [0.3, 0.4) is 0 Å². The molecule has 1 aromatic rings. The van der Waals surface area contributed by atoms with Gasteiger partial charge in [-0.2, -0.15) is 0 Å². The minimum Gasteiger partial charge on any atom is -0.368 e. The van der Waals surface area contributed by atoms with Crippen LogP contribution < -0.4 is 10.2 Å². The minimum absolute atomic E-state index is 0.00444. The fourth-order valence-corrected chi connectivity index (χ4v) is 3.23. The second-order valence-corrected chi connectivity index (χ2v) is 6.14. The van der Waals surface area contributed by atoms with Crippen molar-refractivity contribution in [2.75, 3.05) is 50.7 Å². The van der Waals surface area contributed by atoms with Gasteiger partial charge in [0.05, 0.1) is 12.6 Å². The summed E-state index contributed by atoms with van der Waals surface area (Å²) >= 11 is 0. The molecule has 1 aromatic carbocycles. The Morgan fingerprint density at radius 1 is 1.09 bits per heavy atom. The van der Waals surface area contributed by atoms with Crippen LogP contribution in [0.25, 0.3) is 0 Å². The third-order valence-corrected chi connectivity index (χ3v) is 4.69. The average Bonchev–Trinajstić information content (AvgIpc) is 2.61. The van der Waals surface area contributed by atoms with E-state index in [2.05, 4.69) is 22.3 Å². The molecule has 0 unspecified atom stereocenters. The lowest BCUT2D eigenvalue weighted by atomic mass is 10.2. The van der Waals surface area contributed by atoms with E-state index in [1.807, 2.05) is 34.9 Å². The van der Waals surface area contributed by atoms with Crippen molar-refractivity contribution >= 4 is 17.5 Å². The summed E-state index contributed by atoms with van der Waals surface area (Å²) in [6, 6.07) is 10.1. The van der Waals surface area contributed by atoms with E-state index >= 15 is 0 Å². The Balaban J connectivity index is 1.54. The standard InChI is InChI=1S/C17H24N4O2/c1-14(21-8-7-18-16(22)13-21)17(23)20-11-9-19(10-12-20)15-5-3-2-4-6-15/h2-6,14H,7-13H2,1H3,(H,18,22)/t14-/m1/s1. The first kappa shape index (κ1) is 15.8. The van der Waals surface area contributed by atoms with Crippen molar-refractivity contribution in [1.82, 2.24) is 15.1 Å². The Morgan fingerprint density at radius 2 is 1.78 bits per heavy atom. The first-order chi connectivity index (χ1) is 11.1. The van der Waals surface area contributed by atoms with E-state index in [9.17, 15) is 9.59 Å². The zero-order valence-electron chi connectivity index (χ0n) is 13.6. The SMILES string of the molecule is C[C@H](C(=O)N1CCN(c2ccccc2)CC1)N1CCNC(=O)C1. The van der Waals surface area contributed by atoms with E-state index < -0.39 is 0 Å². The number of hydrogen-bond donors (Lipinski definition) is 1. The van der Waals surface area contributed by atoms with Crippen molar-refractivity contribution in [3.05, 3.63) is 30.3 Å². The third-order valence-electron chi connectivity index (χ3n) is 4.69. The lowest BCUT2D eigenvalue weighted by Crippen LogP contribution is -2.58. The van der Waals surface area contributed by atoms with Crippen LogP contribution in [0.1, 0.15) is 6.92 Å². The summed E-state index contributed by atoms with van der Waals surface area (Å²) < 4.78 is 0. The Kier molecular flexibility index (Phi) is 4.81. The second kappa shape index (κ2) is 7.00. The van der Waals surface area contributed by atoms with Crippen LogP contribution in [0.5, 0.6) is 0 Å². The van der Waals surface area contributed by atoms with E-state index in [-0.39, 0.29) is 17.9 Å². The fourth-order valence-electron chi connectivity index (χ4n) is 3.23. The molecule has 0 aliphatic carbocycles. The summed E-state index contributed by atoms with van der Waals surface area (Å²) in [5, 5.41) is 2.80. The van der Waals surface area contributed by atoms with Crippen LogP contribution in [0.2, 0.25) is 0 Å². The number of nitrogens with one attached hydrogen (secondary N) is 1. The maximum absolute atomic E-state index is 12.7. The van der Waals surface area contributed by atoms with E-state index in [0.29, 0.717) is 13.1 Å². The zero-order valence-corrected chi connectivity index (χ0v) is 13.6. The summed E-state index contributed by atoms with van der Waals surface area (Å²) in [5.74, 6) is 0.136. The number of benzene rings is 1. The number of carbonyl (C=O) groups is 2. The Bertz CT molecular complexity index is 555. The maximum atomic E-state index is 12.7. The predicted octanol–water partition coefficient (Wildman–Crippen LogP) is 0.156. The highest BCUT2D eigenvalue weighted by atomic mass is 16.2. The Hall–Kier alpha value is -2.08. The Morgan fingerprint density at radius 3 is 2.43 bits per heavy atom. The van der Waals surface area contributed by atoms with Gasteiger partial charge in [0.1, 0.15) is 0 Å². The Labute approximate surface area is 137 Å². The van der Waals surface area contributed by atoms with Gasteiger partial charge in [0.2, 0.25) is 11.8 Å². The first-order valence-corrected chi connectivity index (χ1v) is 8.24. The van der Waals surface area contributed by atoms with Crippen molar-refractivity contribution in [2.45, 2.75) is 13.0 Å². The molecule has 2 heterocycles. The molecule has 0 aromatic heterocycles. The zero-order chi connectivity index (χ0) is 16.2. The van der Waals surface area contributed by atoms with Crippen molar-refractivity contribution < 1.29 is 9.59 Å². The monoisotopic (exact) mass is 316 g/mol. The van der Waals surface area contributed by atoms with Crippen LogP contribution in [0, 0.1) is 0 Å². The van der Waals surface area contributed by atoms with Crippen LogP contribution >= 0.6 is 0 Å². The molecule has 0 spiro atoms. The molecule has 1 N–H and O–H groups in total. The van der Waals surface area contributed by atoms with Gasteiger partial charge in [-0.05, 0) is 19.1 Å². The van der Waals surface area contributed by atoms with Gasteiger partial charge in [-0.25, -0.2) is 0 Å². The maximum Gasteiger partial charge on any atom is 0.239 e. The number of piperazine rings is 2. The van der Waals surface area contributed by atoms with E-state index in [1.54, 1.807) is 0 Å². The molecule has 0 radical (unpaired) electrons. The fraction of sp³-hybridized carbons (Fsp3) is 0.529. The second-order valence-electron chi connectivity index (χ2n) is 6.14. The first-order valence-electron chi connectivity index (χ1n) is 8.24.